The van der Waals surface area contributed by atoms with Gasteiger partial charge in [0.25, 0.3) is 15.7 Å². The molecule has 0 spiro atoms. The highest BCUT2D eigenvalue weighted by Crippen LogP contribution is 2.25. The quantitative estimate of drug-likeness (QED) is 0.213. The summed E-state index contributed by atoms with van der Waals surface area (Å²) >= 11 is 0. The standard InChI is InChI=1S/C26H23N3O4S2/c30-29(31)24-16-18-25(19-17-24)34(27-35(32,33)26-14-8-3-9-15-26)28(20-22-10-4-1-5-11-22)21-23-12-6-2-7-13-23/h1-19H,20-21H2/t34-/m0/s1. The van der Waals surface area contributed by atoms with Crippen molar-refractivity contribution < 1.29 is 13.3 Å². The van der Waals surface area contributed by atoms with E-state index in [1.165, 1.54) is 24.3 Å². The molecule has 4 aromatic rings. The van der Waals surface area contributed by atoms with Crippen LogP contribution < -0.4 is 0 Å². The van der Waals surface area contributed by atoms with E-state index in [4.69, 9.17) is 0 Å². The van der Waals surface area contributed by atoms with Gasteiger partial charge in [-0.2, -0.15) is 8.42 Å². The molecule has 7 nitrogen and oxygen atoms in total. The summed E-state index contributed by atoms with van der Waals surface area (Å²) in [6.07, 6.45) is 0. The molecule has 0 aliphatic rings. The van der Waals surface area contributed by atoms with Crippen LogP contribution in [0.25, 0.3) is 0 Å². The molecular weight excluding hydrogens is 482 g/mol. The maximum atomic E-state index is 13.3. The van der Waals surface area contributed by atoms with Crippen molar-refractivity contribution >= 4 is 26.6 Å². The number of nitro groups is 1. The molecule has 0 unspecified atom stereocenters. The minimum atomic E-state index is -4.00. The molecule has 0 radical (unpaired) electrons. The van der Waals surface area contributed by atoms with Gasteiger partial charge < -0.3 is 0 Å². The molecule has 0 saturated heterocycles. The minimum Gasteiger partial charge on any atom is -0.258 e. The van der Waals surface area contributed by atoms with E-state index in [0.717, 1.165) is 11.1 Å². The Balaban J connectivity index is 1.85. The summed E-state index contributed by atoms with van der Waals surface area (Å²) in [5.41, 5.74) is 1.92. The van der Waals surface area contributed by atoms with E-state index in [1.54, 1.807) is 30.3 Å². The van der Waals surface area contributed by atoms with Crippen molar-refractivity contribution in [2.24, 2.45) is 3.77 Å². The highest BCUT2D eigenvalue weighted by Gasteiger charge is 2.21. The molecular formula is C26H23N3O4S2. The lowest BCUT2D eigenvalue weighted by atomic mass is 10.2. The van der Waals surface area contributed by atoms with Gasteiger partial charge in [0.15, 0.2) is 0 Å². The summed E-state index contributed by atoms with van der Waals surface area (Å²) in [5, 5.41) is 11.2. The Morgan fingerprint density at radius 2 is 1.17 bits per heavy atom. The Morgan fingerprint density at radius 1 is 0.714 bits per heavy atom. The lowest BCUT2D eigenvalue weighted by Crippen LogP contribution is -2.26. The van der Waals surface area contributed by atoms with E-state index >= 15 is 0 Å². The van der Waals surface area contributed by atoms with Gasteiger partial charge in [0.1, 0.15) is 0 Å². The molecule has 4 rings (SSSR count). The first-order chi connectivity index (χ1) is 16.9. The average Bonchev–Trinajstić information content (AvgIpc) is 2.89. The molecule has 35 heavy (non-hydrogen) atoms. The maximum Gasteiger partial charge on any atom is 0.289 e. The normalized spacial score (nSPS) is 12.5. The van der Waals surface area contributed by atoms with E-state index in [9.17, 15) is 18.5 Å². The van der Waals surface area contributed by atoms with Gasteiger partial charge in [-0.15, -0.1) is 3.77 Å². The first-order valence-electron chi connectivity index (χ1n) is 10.8. The number of sulfonamides is 1. The predicted octanol–water partition coefficient (Wildman–Crippen LogP) is 5.76. The second-order valence-electron chi connectivity index (χ2n) is 7.65. The van der Waals surface area contributed by atoms with Crippen LogP contribution in [0.4, 0.5) is 5.69 Å². The monoisotopic (exact) mass is 505 g/mol. The fraction of sp³-hybridized carbons (Fsp3) is 0.0769. The highest BCUT2D eigenvalue weighted by atomic mass is 32.3. The Hall–Kier alpha value is -3.66. The summed E-state index contributed by atoms with van der Waals surface area (Å²) in [4.78, 5) is 11.4. The van der Waals surface area contributed by atoms with Crippen molar-refractivity contribution in [1.29, 1.82) is 0 Å². The molecule has 0 aliphatic carbocycles. The van der Waals surface area contributed by atoms with Crippen LogP contribution in [-0.2, 0) is 34.0 Å². The summed E-state index contributed by atoms with van der Waals surface area (Å²) in [5.74, 6) is 0. The van der Waals surface area contributed by atoms with Gasteiger partial charge in [-0.1, -0.05) is 78.9 Å². The molecule has 0 aromatic heterocycles. The smallest absolute Gasteiger partial charge is 0.258 e. The fourth-order valence-electron chi connectivity index (χ4n) is 3.41. The van der Waals surface area contributed by atoms with Crippen LogP contribution >= 0.6 is 0 Å². The number of non-ortho nitro benzene ring substituents is 1. The summed E-state index contributed by atoms with van der Waals surface area (Å²) < 4.78 is 33.0. The zero-order valence-corrected chi connectivity index (χ0v) is 20.3. The molecule has 0 bridgehead atoms. The van der Waals surface area contributed by atoms with Crippen LogP contribution in [0.5, 0.6) is 0 Å². The topological polar surface area (TPSA) is 92.9 Å². The van der Waals surface area contributed by atoms with Gasteiger partial charge in [0, 0.05) is 41.0 Å². The van der Waals surface area contributed by atoms with Crippen molar-refractivity contribution in [2.75, 3.05) is 0 Å². The van der Waals surface area contributed by atoms with Gasteiger partial charge >= 0.3 is 0 Å². The third-order valence-electron chi connectivity index (χ3n) is 5.12. The molecule has 0 aliphatic heterocycles. The van der Waals surface area contributed by atoms with Gasteiger partial charge in [0.05, 0.1) is 9.82 Å². The molecule has 0 N–H and O–H groups in total. The Bertz CT molecular complexity index is 1370. The van der Waals surface area contributed by atoms with Crippen molar-refractivity contribution in [2.45, 2.75) is 22.9 Å². The van der Waals surface area contributed by atoms with Gasteiger partial charge in [-0.05, 0) is 35.4 Å². The SMILES string of the molecule is O=[N+]([O-])c1ccc([S@@](=NS(=O)(=O)c2ccccc2)N(Cc2ccccc2)Cc2ccccc2)cc1. The molecule has 4 aromatic carbocycles. The van der Waals surface area contributed by atoms with Crippen LogP contribution in [0.2, 0.25) is 0 Å². The fourth-order valence-corrected chi connectivity index (χ4v) is 6.94. The van der Waals surface area contributed by atoms with Gasteiger partial charge in [-0.25, -0.2) is 4.31 Å². The van der Waals surface area contributed by atoms with Crippen molar-refractivity contribution in [3.05, 3.63) is 137 Å². The largest absolute Gasteiger partial charge is 0.289 e. The van der Waals surface area contributed by atoms with Crippen LogP contribution in [0.3, 0.4) is 0 Å². The van der Waals surface area contributed by atoms with E-state index in [-0.39, 0.29) is 10.6 Å². The zero-order valence-electron chi connectivity index (χ0n) is 18.7. The lowest BCUT2D eigenvalue weighted by Gasteiger charge is -2.25. The van der Waals surface area contributed by atoms with Crippen molar-refractivity contribution in [3.8, 4) is 0 Å². The maximum absolute atomic E-state index is 13.3. The molecule has 178 valence electrons. The van der Waals surface area contributed by atoms with Gasteiger partial charge in [-0.3, -0.25) is 10.1 Å². The molecule has 1 atom stereocenters. The Labute approximate surface area is 207 Å². The highest BCUT2D eigenvalue weighted by molar-refractivity contribution is 7.99. The van der Waals surface area contributed by atoms with E-state index in [2.05, 4.69) is 3.77 Å². The second kappa shape index (κ2) is 11.2. The van der Waals surface area contributed by atoms with E-state index in [0.29, 0.717) is 18.0 Å². The summed E-state index contributed by atoms with van der Waals surface area (Å²) in [6, 6.07) is 33.4. The first-order valence-corrected chi connectivity index (χ1v) is 13.3. The molecule has 0 heterocycles. The Kier molecular flexibility index (Phi) is 7.81. The third kappa shape index (κ3) is 6.48. The lowest BCUT2D eigenvalue weighted by molar-refractivity contribution is -0.384. The van der Waals surface area contributed by atoms with Crippen LogP contribution in [0.15, 0.2) is 129 Å². The summed E-state index contributed by atoms with van der Waals surface area (Å²) in [6.45, 7) is 0.868. The van der Waals surface area contributed by atoms with Crippen molar-refractivity contribution in [3.63, 3.8) is 0 Å². The number of hydrogen-bond donors (Lipinski definition) is 0. The van der Waals surface area contributed by atoms with Gasteiger partial charge in [0.2, 0.25) is 0 Å². The Morgan fingerprint density at radius 3 is 1.63 bits per heavy atom. The number of nitrogens with zero attached hydrogens (tertiary/aromatic N) is 3. The second-order valence-corrected chi connectivity index (χ2v) is 11.2. The van der Waals surface area contributed by atoms with E-state index in [1.807, 2.05) is 65.0 Å². The number of hydrogen-bond acceptors (Lipinski definition) is 4. The first kappa shape index (κ1) is 24.5. The van der Waals surface area contributed by atoms with E-state index < -0.39 is 25.8 Å². The number of nitro benzene ring substituents is 1. The van der Waals surface area contributed by atoms with Crippen LogP contribution in [0.1, 0.15) is 11.1 Å². The average molecular weight is 506 g/mol. The molecule has 0 saturated carbocycles. The summed E-state index contributed by atoms with van der Waals surface area (Å²) in [7, 11) is -5.27. The third-order valence-corrected chi connectivity index (χ3v) is 8.78. The molecule has 0 amide bonds. The number of rotatable bonds is 9. The van der Waals surface area contributed by atoms with Crippen LogP contribution in [0, 0.1) is 10.1 Å². The number of benzene rings is 4. The zero-order chi connectivity index (χ0) is 24.7. The molecule has 9 heteroatoms. The van der Waals surface area contributed by atoms with Crippen molar-refractivity contribution in [1.82, 2.24) is 4.31 Å². The van der Waals surface area contributed by atoms with Crippen LogP contribution in [-0.4, -0.2) is 17.6 Å². The minimum absolute atomic E-state index is 0.0686. The predicted molar refractivity (Wildman–Crippen MR) is 137 cm³/mol. The molecule has 0 fully saturated rings.